The van der Waals surface area contributed by atoms with Crippen molar-refractivity contribution in [2.45, 2.75) is 72.6 Å². The Balaban J connectivity index is 1.75. The smallest absolute Gasteiger partial charge is 0.336 e. The predicted octanol–water partition coefficient (Wildman–Crippen LogP) is 5.35. The third kappa shape index (κ3) is 9.22. The van der Waals surface area contributed by atoms with Crippen molar-refractivity contribution in [3.8, 4) is 0 Å². The summed E-state index contributed by atoms with van der Waals surface area (Å²) in [5.74, 6) is -5.49. The molecule has 1 N–H and O–H groups in total. The Bertz CT molecular complexity index is 1680. The monoisotopic (exact) mass is 722 g/mol. The number of benzene rings is 2. The number of ether oxygens (including phenoxy) is 5. The minimum Gasteiger partial charge on any atom is -0.466 e. The second kappa shape index (κ2) is 18.6. The fourth-order valence-electron chi connectivity index (χ4n) is 6.03. The molecular weight excluding hydrogens is 676 g/mol. The number of nitro groups is 1. The average Bonchev–Trinajstić information content (AvgIpc) is 3.11. The topological polar surface area (TPSA) is 187 Å². The van der Waals surface area contributed by atoms with Crippen molar-refractivity contribution in [1.82, 2.24) is 5.32 Å². The Hall–Kier alpha value is -5.53. The second-order valence-electron chi connectivity index (χ2n) is 12.1. The zero-order chi connectivity index (χ0) is 38.6. The first-order chi connectivity index (χ1) is 24.8. The van der Waals surface area contributed by atoms with Crippen molar-refractivity contribution in [3.05, 3.63) is 97.9 Å². The predicted molar refractivity (Wildman–Crippen MR) is 187 cm³/mol. The van der Waals surface area contributed by atoms with Crippen LogP contribution in [0.1, 0.15) is 82.9 Å². The molecule has 0 amide bonds. The third-order valence-corrected chi connectivity index (χ3v) is 8.79. The fraction of sp³-hybridized carbons (Fsp3) is 0.447. The molecule has 14 nitrogen and oxygen atoms in total. The van der Waals surface area contributed by atoms with E-state index in [0.717, 1.165) is 11.1 Å². The van der Waals surface area contributed by atoms with E-state index < -0.39 is 46.1 Å². The number of nitrogens with zero attached hydrogens (tertiary/aromatic N) is 1. The molecule has 0 fully saturated rings. The molecule has 0 bridgehead atoms. The summed E-state index contributed by atoms with van der Waals surface area (Å²) >= 11 is 0. The number of hydrogen-bond donors (Lipinski definition) is 1. The number of nitro benzene ring substituents is 1. The van der Waals surface area contributed by atoms with E-state index >= 15 is 0 Å². The second-order valence-corrected chi connectivity index (χ2v) is 12.1. The van der Waals surface area contributed by atoms with Crippen LogP contribution >= 0.6 is 0 Å². The largest absolute Gasteiger partial charge is 0.466 e. The van der Waals surface area contributed by atoms with E-state index in [1.54, 1.807) is 40.7 Å². The highest BCUT2D eigenvalue weighted by Crippen LogP contribution is 2.40. The van der Waals surface area contributed by atoms with Crippen LogP contribution < -0.4 is 5.32 Å². The number of dihydropyridines is 1. The molecule has 0 radical (unpaired) electrons. The lowest BCUT2D eigenvalue weighted by molar-refractivity contribution is -0.384. The number of nitrogens with one attached hydrogen (secondary N) is 1. The van der Waals surface area contributed by atoms with Crippen LogP contribution in [0.3, 0.4) is 0 Å². The lowest BCUT2D eigenvalue weighted by Gasteiger charge is -2.30. The summed E-state index contributed by atoms with van der Waals surface area (Å²) < 4.78 is 26.1. The van der Waals surface area contributed by atoms with Gasteiger partial charge in [-0.25, -0.2) is 9.59 Å². The highest BCUT2D eigenvalue weighted by Gasteiger charge is 2.57. The lowest BCUT2D eigenvalue weighted by atomic mass is 9.80. The summed E-state index contributed by atoms with van der Waals surface area (Å²) in [6.45, 7) is 9.89. The molecule has 1 aliphatic heterocycles. The van der Waals surface area contributed by atoms with Gasteiger partial charge in [0.05, 0.1) is 55.5 Å². The van der Waals surface area contributed by atoms with Crippen molar-refractivity contribution in [2.24, 2.45) is 5.41 Å². The molecule has 0 spiro atoms. The van der Waals surface area contributed by atoms with E-state index in [9.17, 15) is 34.1 Å². The SMILES string of the molecule is CCOC(=O)C(CCc1ccc(C(C)CCOC(=O)C2=C(C)NC(C)=C(C(=O)OC)C2c2cccc([N+](=O)[O-])c2)cc1)(C(=O)OCC)C(=O)OCC. The molecule has 280 valence electrons. The van der Waals surface area contributed by atoms with Crippen LogP contribution in [-0.2, 0) is 54.1 Å². The van der Waals surface area contributed by atoms with Gasteiger partial charge in [-0.15, -0.1) is 0 Å². The molecule has 2 unspecified atom stereocenters. The van der Waals surface area contributed by atoms with Gasteiger partial charge in [-0.05, 0) is 76.5 Å². The highest BCUT2D eigenvalue weighted by molar-refractivity contribution is 6.18. The number of non-ortho nitro benzene ring substituents is 1. The number of allylic oxidation sites excluding steroid dienone is 2. The number of carbonyl (C=O) groups excluding carboxylic acids is 5. The van der Waals surface area contributed by atoms with Crippen LogP contribution in [0.5, 0.6) is 0 Å². The maximum atomic E-state index is 13.6. The van der Waals surface area contributed by atoms with Crippen LogP contribution in [0.2, 0.25) is 0 Å². The van der Waals surface area contributed by atoms with Crippen LogP contribution in [0.25, 0.3) is 0 Å². The van der Waals surface area contributed by atoms with Gasteiger partial charge in [0, 0.05) is 23.5 Å². The molecule has 0 aromatic heterocycles. The Morgan fingerprint density at radius 2 is 1.37 bits per heavy atom. The zero-order valence-electron chi connectivity index (χ0n) is 30.6. The maximum absolute atomic E-state index is 13.6. The van der Waals surface area contributed by atoms with E-state index in [1.807, 2.05) is 31.2 Å². The summed E-state index contributed by atoms with van der Waals surface area (Å²) in [7, 11) is 1.22. The minimum atomic E-state index is -2.26. The molecule has 2 atom stereocenters. The zero-order valence-corrected chi connectivity index (χ0v) is 30.6. The average molecular weight is 723 g/mol. The number of esters is 5. The van der Waals surface area contributed by atoms with Crippen LogP contribution in [0.15, 0.2) is 71.1 Å². The first-order valence-corrected chi connectivity index (χ1v) is 17.1. The third-order valence-electron chi connectivity index (χ3n) is 8.79. The molecule has 1 aliphatic rings. The highest BCUT2D eigenvalue weighted by atomic mass is 16.6. The molecule has 3 rings (SSSR count). The van der Waals surface area contributed by atoms with Gasteiger partial charge in [-0.3, -0.25) is 24.5 Å². The quantitative estimate of drug-likeness (QED) is 0.0725. The summed E-state index contributed by atoms with van der Waals surface area (Å²) in [5, 5.41) is 14.6. The summed E-state index contributed by atoms with van der Waals surface area (Å²) in [6, 6.07) is 13.1. The Morgan fingerprint density at radius 3 is 1.87 bits per heavy atom. The van der Waals surface area contributed by atoms with Gasteiger partial charge in [0.15, 0.2) is 0 Å². The van der Waals surface area contributed by atoms with Crippen LogP contribution in [0.4, 0.5) is 5.69 Å². The molecule has 0 saturated heterocycles. The fourth-order valence-corrected chi connectivity index (χ4v) is 6.03. The van der Waals surface area contributed by atoms with E-state index in [1.165, 1.54) is 25.3 Å². The van der Waals surface area contributed by atoms with Crippen LogP contribution in [0, 0.1) is 15.5 Å². The van der Waals surface area contributed by atoms with Crippen molar-refractivity contribution in [2.75, 3.05) is 33.5 Å². The normalized spacial score (nSPS) is 14.9. The van der Waals surface area contributed by atoms with Crippen molar-refractivity contribution in [3.63, 3.8) is 0 Å². The van der Waals surface area contributed by atoms with E-state index in [2.05, 4.69) is 5.32 Å². The van der Waals surface area contributed by atoms with Gasteiger partial charge in [-0.2, -0.15) is 0 Å². The molecule has 2 aromatic carbocycles. The number of rotatable bonds is 17. The first-order valence-electron chi connectivity index (χ1n) is 17.1. The van der Waals surface area contributed by atoms with E-state index in [4.69, 9.17) is 23.7 Å². The summed E-state index contributed by atoms with van der Waals surface area (Å²) in [6.07, 6.45) is 0.378. The molecular formula is C38H46N2O12. The lowest BCUT2D eigenvalue weighted by Crippen LogP contribution is -2.49. The van der Waals surface area contributed by atoms with Crippen LogP contribution in [-0.4, -0.2) is 68.3 Å². The summed E-state index contributed by atoms with van der Waals surface area (Å²) in [5.41, 5.74) is 0.720. The number of carbonyl (C=O) groups is 5. The van der Waals surface area contributed by atoms with Crippen molar-refractivity contribution in [1.29, 1.82) is 0 Å². The number of hydrogen-bond acceptors (Lipinski definition) is 13. The Kier molecular flexibility index (Phi) is 14.7. The molecule has 14 heteroatoms. The Morgan fingerprint density at radius 1 is 0.827 bits per heavy atom. The minimum absolute atomic E-state index is 0.0254. The molecule has 0 aliphatic carbocycles. The molecule has 2 aromatic rings. The van der Waals surface area contributed by atoms with Gasteiger partial charge in [-0.1, -0.05) is 43.3 Å². The summed E-state index contributed by atoms with van der Waals surface area (Å²) in [4.78, 5) is 76.6. The van der Waals surface area contributed by atoms with Crippen molar-refractivity contribution < 1.29 is 52.6 Å². The van der Waals surface area contributed by atoms with Crippen molar-refractivity contribution >= 4 is 35.5 Å². The first kappa shape index (κ1) is 40.9. The molecule has 0 saturated carbocycles. The van der Waals surface area contributed by atoms with E-state index in [-0.39, 0.29) is 62.0 Å². The number of aryl methyl sites for hydroxylation is 1. The van der Waals surface area contributed by atoms with Gasteiger partial charge >= 0.3 is 29.8 Å². The Labute approximate surface area is 302 Å². The standard InChI is InChI=1S/C38H46N2O12/c1-8-49-35(43)38(36(44)50-9-2,37(45)51-10-3)20-18-26-14-16-27(17-15-26)23(4)19-21-52-34(42)31-25(6)39-24(5)30(33(41)48-7)32(31)28-12-11-13-29(22-28)40(46)47/h11-17,22-23,32,39H,8-10,18-21H2,1-7H3. The molecule has 52 heavy (non-hydrogen) atoms. The number of methoxy groups -OCH3 is 1. The van der Waals surface area contributed by atoms with Gasteiger partial charge in [0.25, 0.3) is 11.1 Å². The maximum Gasteiger partial charge on any atom is 0.336 e. The van der Waals surface area contributed by atoms with Gasteiger partial charge < -0.3 is 29.0 Å². The van der Waals surface area contributed by atoms with E-state index in [0.29, 0.717) is 23.4 Å². The van der Waals surface area contributed by atoms with Gasteiger partial charge in [0.2, 0.25) is 0 Å². The molecule has 1 heterocycles. The van der Waals surface area contributed by atoms with Gasteiger partial charge in [0.1, 0.15) is 0 Å².